The van der Waals surface area contributed by atoms with Crippen molar-refractivity contribution >= 4 is 43.1 Å². The SMILES string of the molecule is CCOc1ccc2c(c1)CC(NCCCCO)C(=O)N2c1ccc(CN2C(=O)[C@@]3(O[C@@H](CC(=O)N(CCO)Cc4ccccc4)[C@H]([Si](C)(C)O)[C@H]3C)c3cc(OC)ccc32)cc1. The molecule has 0 aliphatic carbocycles. The molecule has 0 radical (unpaired) electrons. The lowest BCUT2D eigenvalue weighted by molar-refractivity contribution is -0.150. The number of aliphatic hydroxyl groups excluding tert-OH is 2. The summed E-state index contributed by atoms with van der Waals surface area (Å²) >= 11 is 0. The minimum atomic E-state index is -3.09. The zero-order chi connectivity index (χ0) is 44.2. The van der Waals surface area contributed by atoms with E-state index in [-0.39, 0.29) is 50.4 Å². The quantitative estimate of drug-likeness (QED) is 0.0711. The second-order valence-corrected chi connectivity index (χ2v) is 21.0. The molecule has 1 saturated heterocycles. The van der Waals surface area contributed by atoms with Crippen LogP contribution in [-0.2, 0) is 44.2 Å². The van der Waals surface area contributed by atoms with Crippen molar-refractivity contribution in [3.05, 3.63) is 113 Å². The Bertz CT molecular complexity index is 2220. The number of ether oxygens (including phenoxy) is 3. The van der Waals surface area contributed by atoms with Gasteiger partial charge in [-0.1, -0.05) is 49.4 Å². The van der Waals surface area contributed by atoms with Crippen molar-refractivity contribution in [2.45, 2.75) is 89.0 Å². The Morgan fingerprint density at radius 3 is 2.34 bits per heavy atom. The molecule has 5 atom stereocenters. The molecule has 0 saturated carbocycles. The summed E-state index contributed by atoms with van der Waals surface area (Å²) in [6, 6.07) is 28.0. The molecule has 4 N–H and O–H groups in total. The summed E-state index contributed by atoms with van der Waals surface area (Å²) in [5.41, 5.74) is 3.48. The summed E-state index contributed by atoms with van der Waals surface area (Å²) in [7, 11) is -1.52. The molecule has 4 aromatic rings. The van der Waals surface area contributed by atoms with Crippen molar-refractivity contribution in [2.24, 2.45) is 5.92 Å². The first-order valence-electron chi connectivity index (χ1n) is 21.7. The number of hydrogen-bond donors (Lipinski definition) is 4. The van der Waals surface area contributed by atoms with E-state index in [0.29, 0.717) is 55.2 Å². The Balaban J connectivity index is 1.18. The minimum Gasteiger partial charge on any atom is -0.497 e. The molecule has 3 amide bonds. The Morgan fingerprint density at radius 2 is 1.66 bits per heavy atom. The summed E-state index contributed by atoms with van der Waals surface area (Å²) in [5, 5.41) is 22.6. The number of nitrogens with zero attached hydrogens (tertiary/aromatic N) is 3. The van der Waals surface area contributed by atoms with Gasteiger partial charge in [0.05, 0.1) is 56.8 Å². The molecule has 14 heteroatoms. The van der Waals surface area contributed by atoms with Crippen molar-refractivity contribution in [3.8, 4) is 11.5 Å². The zero-order valence-corrected chi connectivity index (χ0v) is 37.4. The number of anilines is 3. The smallest absolute Gasteiger partial charge is 0.264 e. The van der Waals surface area contributed by atoms with Gasteiger partial charge in [0.2, 0.25) is 11.8 Å². The third-order valence-electron chi connectivity index (χ3n) is 12.6. The van der Waals surface area contributed by atoms with Crippen LogP contribution in [0.1, 0.15) is 55.4 Å². The number of carbonyl (C=O) groups excluding carboxylic acids is 3. The molecule has 3 aliphatic heterocycles. The van der Waals surface area contributed by atoms with Gasteiger partial charge in [0.25, 0.3) is 5.91 Å². The second-order valence-electron chi connectivity index (χ2n) is 17.1. The predicted molar refractivity (Wildman–Crippen MR) is 240 cm³/mol. The third kappa shape index (κ3) is 8.90. The van der Waals surface area contributed by atoms with Crippen molar-refractivity contribution in [1.29, 1.82) is 0 Å². The highest BCUT2D eigenvalue weighted by molar-refractivity contribution is 6.71. The molecular weight excluding hydrogens is 805 g/mol. The van der Waals surface area contributed by atoms with Gasteiger partial charge in [-0.05, 0) is 111 Å². The van der Waals surface area contributed by atoms with Crippen molar-refractivity contribution < 1.29 is 43.6 Å². The fraction of sp³-hybridized carbons (Fsp3) is 0.438. The van der Waals surface area contributed by atoms with Crippen LogP contribution in [0.25, 0.3) is 0 Å². The summed E-state index contributed by atoms with van der Waals surface area (Å²) in [6.07, 6.45) is 1.06. The van der Waals surface area contributed by atoms with Crippen LogP contribution in [-0.4, -0.2) is 98.1 Å². The van der Waals surface area contributed by atoms with Gasteiger partial charge < -0.3 is 44.3 Å². The van der Waals surface area contributed by atoms with E-state index in [1.54, 1.807) is 21.8 Å². The van der Waals surface area contributed by atoms with Crippen LogP contribution in [0.15, 0.2) is 91.0 Å². The summed E-state index contributed by atoms with van der Waals surface area (Å²) in [5.74, 6) is 0.184. The molecule has 3 heterocycles. The number of unbranched alkanes of at least 4 members (excludes halogenated alkanes) is 1. The summed E-state index contributed by atoms with van der Waals surface area (Å²) in [4.78, 5) is 60.3. The number of rotatable bonds is 18. The Morgan fingerprint density at radius 1 is 0.935 bits per heavy atom. The molecule has 330 valence electrons. The van der Waals surface area contributed by atoms with Crippen LogP contribution in [0.2, 0.25) is 18.6 Å². The van der Waals surface area contributed by atoms with E-state index < -0.39 is 37.5 Å². The van der Waals surface area contributed by atoms with E-state index in [2.05, 4.69) is 5.32 Å². The van der Waals surface area contributed by atoms with Gasteiger partial charge in [0, 0.05) is 42.4 Å². The van der Waals surface area contributed by atoms with E-state index in [4.69, 9.17) is 14.2 Å². The van der Waals surface area contributed by atoms with Crippen LogP contribution in [0, 0.1) is 5.92 Å². The summed E-state index contributed by atoms with van der Waals surface area (Å²) < 4.78 is 18.5. The normalized spacial score (nSPS) is 21.9. The molecule has 4 aromatic carbocycles. The predicted octanol–water partition coefficient (Wildman–Crippen LogP) is 5.80. The average Bonchev–Trinajstić information content (AvgIpc) is 3.68. The number of hydrogen-bond acceptors (Lipinski definition) is 10. The highest BCUT2D eigenvalue weighted by Crippen LogP contribution is 2.60. The van der Waals surface area contributed by atoms with Gasteiger partial charge in [-0.25, -0.2) is 0 Å². The molecule has 1 fully saturated rings. The Labute approximate surface area is 365 Å². The maximum Gasteiger partial charge on any atom is 0.264 e. The molecule has 7 rings (SSSR count). The zero-order valence-electron chi connectivity index (χ0n) is 36.4. The number of carbonyl (C=O) groups is 3. The highest BCUT2D eigenvalue weighted by atomic mass is 28.4. The van der Waals surface area contributed by atoms with Crippen LogP contribution < -0.4 is 24.6 Å². The lowest BCUT2D eigenvalue weighted by Gasteiger charge is -2.35. The van der Waals surface area contributed by atoms with Crippen LogP contribution in [0.4, 0.5) is 17.1 Å². The first kappa shape index (κ1) is 44.9. The van der Waals surface area contributed by atoms with Gasteiger partial charge in [-0.15, -0.1) is 0 Å². The van der Waals surface area contributed by atoms with E-state index >= 15 is 4.79 Å². The maximum absolute atomic E-state index is 15.2. The Kier molecular flexibility index (Phi) is 13.9. The highest BCUT2D eigenvalue weighted by Gasteiger charge is 2.66. The van der Waals surface area contributed by atoms with Gasteiger partial charge in [0.15, 0.2) is 13.9 Å². The number of benzene rings is 4. The molecule has 13 nitrogen and oxygen atoms in total. The average molecular weight is 865 g/mol. The lowest BCUT2D eigenvalue weighted by atomic mass is 9.82. The molecule has 0 aromatic heterocycles. The van der Waals surface area contributed by atoms with E-state index in [1.807, 2.05) is 118 Å². The topological polar surface area (TPSA) is 161 Å². The van der Waals surface area contributed by atoms with Crippen molar-refractivity contribution in [2.75, 3.05) is 49.8 Å². The number of fused-ring (bicyclic) bond motifs is 3. The third-order valence-corrected chi connectivity index (χ3v) is 15.1. The first-order valence-corrected chi connectivity index (χ1v) is 24.7. The maximum atomic E-state index is 15.2. The fourth-order valence-corrected chi connectivity index (χ4v) is 12.3. The van der Waals surface area contributed by atoms with Gasteiger partial charge >= 0.3 is 0 Å². The number of aliphatic hydroxyl groups is 2. The van der Waals surface area contributed by atoms with Crippen LogP contribution in [0.5, 0.6) is 11.5 Å². The van der Waals surface area contributed by atoms with Gasteiger partial charge in [-0.2, -0.15) is 0 Å². The van der Waals surface area contributed by atoms with Crippen molar-refractivity contribution in [3.63, 3.8) is 0 Å². The fourth-order valence-electron chi connectivity index (χ4n) is 9.71. The standard InChI is InChI=1S/C48H60N4O9Si/c1-6-60-38-19-20-41-35(26-38)27-40(49-22-10-11-24-53)46(56)52(41)36-16-14-34(15-17-36)31-51-42-21-18-37(59-3)28-39(42)48(47(51)57)32(2)45(62(4,5)58)43(61-48)29-44(55)50(23-25-54)30-33-12-8-7-9-13-33/h7-9,12-21,26,28,32,40,43,45,49,53-54,58H,6,10-11,22-25,27,29-31H2,1-5H3/t32-,40?,43+,45-,48+/m1/s1. The molecular formula is C48H60N4O9Si. The molecule has 1 unspecified atom stereocenters. The molecule has 62 heavy (non-hydrogen) atoms. The molecule has 1 spiro atoms. The lowest BCUT2D eigenvalue weighted by Crippen LogP contribution is -2.49. The largest absolute Gasteiger partial charge is 0.497 e. The molecule has 0 bridgehead atoms. The van der Waals surface area contributed by atoms with E-state index in [1.165, 1.54) is 0 Å². The van der Waals surface area contributed by atoms with Crippen molar-refractivity contribution in [1.82, 2.24) is 10.2 Å². The summed E-state index contributed by atoms with van der Waals surface area (Å²) in [6.45, 7) is 9.17. The number of nitrogens with one attached hydrogen (secondary N) is 1. The monoisotopic (exact) mass is 864 g/mol. The van der Waals surface area contributed by atoms with E-state index in [9.17, 15) is 24.6 Å². The number of amides is 3. The van der Waals surface area contributed by atoms with Gasteiger partial charge in [0.1, 0.15) is 11.5 Å². The second kappa shape index (κ2) is 19.1. The Hall–Kier alpha value is -5.09. The minimum absolute atomic E-state index is 0.0705. The number of methoxy groups -OCH3 is 1. The van der Waals surface area contributed by atoms with Gasteiger partial charge in [-0.3, -0.25) is 19.3 Å². The van der Waals surface area contributed by atoms with E-state index in [0.717, 1.165) is 34.5 Å². The van der Waals surface area contributed by atoms with Crippen LogP contribution >= 0.6 is 0 Å². The first-order chi connectivity index (χ1) is 29.8. The van der Waals surface area contributed by atoms with Crippen LogP contribution in [0.3, 0.4) is 0 Å². The molecule has 3 aliphatic rings.